The molecule has 0 saturated carbocycles. The quantitative estimate of drug-likeness (QED) is 0.657. The summed E-state index contributed by atoms with van der Waals surface area (Å²) in [6.07, 6.45) is 2.59. The second kappa shape index (κ2) is 7.90. The summed E-state index contributed by atoms with van der Waals surface area (Å²) >= 11 is 6.53. The molecule has 9 nitrogen and oxygen atoms in total. The van der Waals surface area contributed by atoms with E-state index in [1.807, 2.05) is 18.2 Å². The van der Waals surface area contributed by atoms with Crippen LogP contribution in [0.4, 0.5) is 5.82 Å². The fourth-order valence-electron chi connectivity index (χ4n) is 4.33. The van der Waals surface area contributed by atoms with Crippen molar-refractivity contribution in [2.45, 2.75) is 24.7 Å². The number of aromatic amines is 1. The summed E-state index contributed by atoms with van der Waals surface area (Å²) in [5, 5.41) is 0.520. The predicted octanol–water partition coefficient (Wildman–Crippen LogP) is 2.45. The molecule has 6 heterocycles. The molecule has 3 atom stereocenters. The lowest BCUT2D eigenvalue weighted by Crippen LogP contribution is -2.36. The van der Waals surface area contributed by atoms with Crippen molar-refractivity contribution in [1.82, 2.24) is 19.9 Å². The molecule has 3 fully saturated rings. The van der Waals surface area contributed by atoms with E-state index in [2.05, 4.69) is 24.8 Å². The van der Waals surface area contributed by atoms with Gasteiger partial charge in [0.25, 0.3) is 6.01 Å². The summed E-state index contributed by atoms with van der Waals surface area (Å²) < 4.78 is 22.9. The van der Waals surface area contributed by atoms with Gasteiger partial charge in [0, 0.05) is 31.5 Å². The Morgan fingerprint density at radius 3 is 2.87 bits per heavy atom. The number of anilines is 1. The fraction of sp³-hybridized carbons (Fsp3) is 0.476. The highest BCUT2D eigenvalue weighted by molar-refractivity contribution is 6.33. The van der Waals surface area contributed by atoms with Gasteiger partial charge in [0.1, 0.15) is 11.9 Å². The Balaban J connectivity index is 1.24. The largest absolute Gasteiger partial charge is 0.456 e. The van der Waals surface area contributed by atoms with Crippen molar-refractivity contribution < 1.29 is 18.9 Å². The van der Waals surface area contributed by atoms with Crippen LogP contribution in [0, 0.1) is 0 Å². The Hall–Kier alpha value is -2.46. The monoisotopic (exact) mass is 443 g/mol. The van der Waals surface area contributed by atoms with Crippen LogP contribution in [0.5, 0.6) is 6.01 Å². The van der Waals surface area contributed by atoms with E-state index in [1.165, 1.54) is 0 Å². The van der Waals surface area contributed by atoms with Gasteiger partial charge in [-0.25, -0.2) is 9.97 Å². The highest BCUT2D eigenvalue weighted by Crippen LogP contribution is 2.32. The molecule has 31 heavy (non-hydrogen) atoms. The summed E-state index contributed by atoms with van der Waals surface area (Å²) in [5.74, 6) is 0.922. The summed E-state index contributed by atoms with van der Waals surface area (Å²) in [5.41, 5.74) is 2.72. The van der Waals surface area contributed by atoms with Crippen LogP contribution in [-0.2, 0) is 14.2 Å². The highest BCUT2D eigenvalue weighted by Gasteiger charge is 2.43. The van der Waals surface area contributed by atoms with Crippen molar-refractivity contribution in [1.29, 1.82) is 0 Å². The molecule has 3 aliphatic rings. The van der Waals surface area contributed by atoms with Crippen LogP contribution < -0.4 is 9.64 Å². The van der Waals surface area contributed by atoms with Crippen molar-refractivity contribution in [2.75, 3.05) is 44.4 Å². The minimum Gasteiger partial charge on any atom is -0.456 e. The smallest absolute Gasteiger partial charge is 0.296 e. The molecule has 162 valence electrons. The lowest BCUT2D eigenvalue weighted by atomic mass is 10.1. The van der Waals surface area contributed by atoms with Crippen LogP contribution in [0.2, 0.25) is 5.02 Å². The summed E-state index contributed by atoms with van der Waals surface area (Å²) in [4.78, 5) is 19.1. The van der Waals surface area contributed by atoms with Crippen molar-refractivity contribution in [2.24, 2.45) is 0 Å². The molecule has 3 unspecified atom stereocenters. The highest BCUT2D eigenvalue weighted by atomic mass is 35.5. The van der Waals surface area contributed by atoms with E-state index < -0.39 is 0 Å². The molecule has 3 aromatic rings. The molecule has 3 saturated heterocycles. The van der Waals surface area contributed by atoms with E-state index in [-0.39, 0.29) is 18.3 Å². The van der Waals surface area contributed by atoms with Crippen molar-refractivity contribution >= 4 is 28.6 Å². The molecule has 0 spiro atoms. The van der Waals surface area contributed by atoms with Gasteiger partial charge in [0.05, 0.1) is 42.2 Å². The maximum atomic E-state index is 6.53. The molecule has 6 rings (SSSR count). The van der Waals surface area contributed by atoms with Gasteiger partial charge in [-0.2, -0.15) is 4.98 Å². The van der Waals surface area contributed by atoms with Gasteiger partial charge < -0.3 is 28.8 Å². The Labute approximate surface area is 183 Å². The number of nitrogens with zero attached hydrogens (tertiary/aromatic N) is 4. The van der Waals surface area contributed by atoms with E-state index in [0.29, 0.717) is 41.1 Å². The number of rotatable bonds is 4. The van der Waals surface area contributed by atoms with Crippen molar-refractivity contribution in [3.8, 4) is 17.3 Å². The van der Waals surface area contributed by atoms with Crippen LogP contribution in [0.3, 0.4) is 0 Å². The molecule has 0 amide bonds. The molecule has 0 aromatic carbocycles. The number of hydrogen-bond acceptors (Lipinski definition) is 8. The van der Waals surface area contributed by atoms with E-state index >= 15 is 0 Å². The van der Waals surface area contributed by atoms with E-state index in [9.17, 15) is 0 Å². The lowest BCUT2D eigenvalue weighted by molar-refractivity contribution is 0.0273. The van der Waals surface area contributed by atoms with E-state index in [1.54, 1.807) is 6.20 Å². The standard InChI is InChI=1S/C21H22ClN5O4/c22-13-9-14-20(26-21(24-14)31-16-11-30-15-3-6-29-19(15)16)25-18(13)12-1-2-17(23-10-12)27-4-7-28-8-5-27/h1-2,9-10,15-16,19H,3-8,11H2,(H,24,25,26). The minimum atomic E-state index is -0.181. The number of H-pyrrole nitrogens is 1. The normalized spacial score (nSPS) is 25.8. The molecule has 3 aliphatic heterocycles. The molecular formula is C21H22ClN5O4. The Morgan fingerprint density at radius 2 is 2.03 bits per heavy atom. The van der Waals surface area contributed by atoms with Gasteiger partial charge >= 0.3 is 0 Å². The third kappa shape index (κ3) is 3.61. The topological polar surface area (TPSA) is 94.6 Å². The maximum absolute atomic E-state index is 6.53. The van der Waals surface area contributed by atoms with Gasteiger partial charge in [0.15, 0.2) is 11.8 Å². The third-order valence-electron chi connectivity index (χ3n) is 5.94. The van der Waals surface area contributed by atoms with Crippen molar-refractivity contribution in [3.63, 3.8) is 0 Å². The third-order valence-corrected chi connectivity index (χ3v) is 6.23. The predicted molar refractivity (Wildman–Crippen MR) is 114 cm³/mol. The lowest BCUT2D eigenvalue weighted by Gasteiger charge is -2.27. The van der Waals surface area contributed by atoms with Crippen LogP contribution in [0.15, 0.2) is 24.4 Å². The zero-order valence-corrected chi connectivity index (χ0v) is 17.5. The van der Waals surface area contributed by atoms with Crippen molar-refractivity contribution in [3.05, 3.63) is 29.4 Å². The first-order chi connectivity index (χ1) is 15.2. The first kappa shape index (κ1) is 19.2. The Kier molecular flexibility index (Phi) is 4.91. The maximum Gasteiger partial charge on any atom is 0.296 e. The SMILES string of the molecule is Clc1cc2[nH]c(OC3COC4CCOC43)nc2nc1-c1ccc(N2CCOCC2)nc1. The van der Waals surface area contributed by atoms with Gasteiger partial charge in [-0.1, -0.05) is 11.6 Å². The molecule has 0 aliphatic carbocycles. The number of halogens is 1. The summed E-state index contributed by atoms with van der Waals surface area (Å²) in [6.45, 7) is 4.31. The van der Waals surface area contributed by atoms with Gasteiger partial charge in [-0.15, -0.1) is 0 Å². The number of nitrogens with one attached hydrogen (secondary N) is 1. The number of pyridine rings is 2. The minimum absolute atomic E-state index is 0.0450. The molecule has 10 heteroatoms. The second-order valence-corrected chi connectivity index (χ2v) is 8.30. The average Bonchev–Trinajstić information content (AvgIpc) is 3.51. The number of imidazole rings is 1. The first-order valence-corrected chi connectivity index (χ1v) is 10.9. The number of morpholine rings is 1. The molecular weight excluding hydrogens is 422 g/mol. The fourth-order valence-corrected chi connectivity index (χ4v) is 4.59. The van der Waals surface area contributed by atoms with Gasteiger partial charge in [0.2, 0.25) is 0 Å². The molecule has 0 radical (unpaired) electrons. The number of fused-ring (bicyclic) bond motifs is 2. The van der Waals surface area contributed by atoms with Gasteiger partial charge in [-0.3, -0.25) is 0 Å². The van der Waals surface area contributed by atoms with Crippen LogP contribution >= 0.6 is 11.6 Å². The number of aromatic nitrogens is 4. The molecule has 1 N–H and O–H groups in total. The van der Waals surface area contributed by atoms with E-state index in [0.717, 1.165) is 44.1 Å². The second-order valence-electron chi connectivity index (χ2n) is 7.89. The van der Waals surface area contributed by atoms with Crippen LogP contribution in [0.25, 0.3) is 22.4 Å². The summed E-state index contributed by atoms with van der Waals surface area (Å²) in [7, 11) is 0. The van der Waals surface area contributed by atoms with Crippen LogP contribution in [0.1, 0.15) is 6.42 Å². The molecule has 3 aromatic heterocycles. The molecule has 0 bridgehead atoms. The average molecular weight is 444 g/mol. The van der Waals surface area contributed by atoms with Crippen LogP contribution in [-0.4, -0.2) is 77.8 Å². The van der Waals surface area contributed by atoms with Gasteiger partial charge in [-0.05, 0) is 24.6 Å². The number of hydrogen-bond donors (Lipinski definition) is 1. The Bertz CT molecular complexity index is 1090. The zero-order valence-electron chi connectivity index (χ0n) is 16.8. The van der Waals surface area contributed by atoms with E-state index in [4.69, 9.17) is 30.5 Å². The first-order valence-electron chi connectivity index (χ1n) is 10.5. The summed E-state index contributed by atoms with van der Waals surface area (Å²) in [6, 6.07) is 6.17. The zero-order chi connectivity index (χ0) is 20.8. The Morgan fingerprint density at radius 1 is 1.13 bits per heavy atom. The number of ether oxygens (including phenoxy) is 4.